The quantitative estimate of drug-likeness (QED) is 0.729. The van der Waals surface area contributed by atoms with Gasteiger partial charge in [0.15, 0.2) is 0 Å². The molecule has 0 radical (unpaired) electrons. The summed E-state index contributed by atoms with van der Waals surface area (Å²) in [4.78, 5) is 17.1. The minimum atomic E-state index is -0.283. The maximum Gasteiger partial charge on any atom is 0.274 e. The second-order valence-corrected chi connectivity index (χ2v) is 5.16. The van der Waals surface area contributed by atoms with E-state index in [0.717, 1.165) is 16.9 Å². The number of phenols is 1. The van der Waals surface area contributed by atoms with Crippen molar-refractivity contribution in [2.75, 3.05) is 5.32 Å². The van der Waals surface area contributed by atoms with E-state index < -0.39 is 0 Å². The number of hydrogen-bond donors (Lipinski definition) is 2. The lowest BCUT2D eigenvalue weighted by atomic mass is 10.2. The highest BCUT2D eigenvalue weighted by Gasteiger charge is 2.19. The fourth-order valence-corrected chi connectivity index (χ4v) is 2.44. The zero-order valence-corrected chi connectivity index (χ0v) is 12.5. The van der Waals surface area contributed by atoms with Gasteiger partial charge in [-0.15, -0.1) is 0 Å². The summed E-state index contributed by atoms with van der Waals surface area (Å²) in [5.74, 6) is -0.242. The molecule has 5 nitrogen and oxygen atoms in total. The van der Waals surface area contributed by atoms with Crippen molar-refractivity contribution in [3.63, 3.8) is 0 Å². The van der Waals surface area contributed by atoms with Crippen LogP contribution in [0.2, 0.25) is 0 Å². The molecule has 3 rings (SSSR count). The molecule has 0 bridgehead atoms. The summed E-state index contributed by atoms with van der Waals surface area (Å²) in [6.07, 6.45) is 2.50. The first-order valence-corrected chi connectivity index (χ1v) is 7.17. The number of rotatable bonds is 3. The molecule has 0 spiro atoms. The number of nitrogens with one attached hydrogen (secondary N) is 1. The van der Waals surface area contributed by atoms with Crippen molar-refractivity contribution in [2.24, 2.45) is 0 Å². The van der Waals surface area contributed by atoms with Crippen LogP contribution in [0.4, 0.5) is 5.69 Å². The Hall–Kier alpha value is -2.82. The van der Waals surface area contributed by atoms with E-state index in [1.165, 1.54) is 6.07 Å². The Bertz CT molecular complexity index is 852. The Morgan fingerprint density at radius 2 is 2.09 bits per heavy atom. The van der Waals surface area contributed by atoms with Crippen LogP contribution in [0.5, 0.6) is 5.75 Å². The highest BCUT2D eigenvalue weighted by atomic mass is 16.3. The van der Waals surface area contributed by atoms with Gasteiger partial charge in [-0.3, -0.25) is 9.20 Å². The van der Waals surface area contributed by atoms with Gasteiger partial charge in [0.2, 0.25) is 0 Å². The minimum Gasteiger partial charge on any atom is -0.506 e. The molecule has 0 atom stereocenters. The third-order valence-corrected chi connectivity index (χ3v) is 3.56. The number of amides is 1. The molecule has 2 aromatic heterocycles. The van der Waals surface area contributed by atoms with Crippen molar-refractivity contribution < 1.29 is 9.90 Å². The SMILES string of the molecule is CCc1nc2cc(C)ccn2c1C(=O)Nc1ccccc1O. The first kappa shape index (κ1) is 14.1. The second kappa shape index (κ2) is 5.52. The summed E-state index contributed by atoms with van der Waals surface area (Å²) < 4.78 is 1.78. The lowest BCUT2D eigenvalue weighted by Gasteiger charge is -2.08. The number of hydrogen-bond acceptors (Lipinski definition) is 3. The van der Waals surface area contributed by atoms with E-state index in [2.05, 4.69) is 10.3 Å². The number of para-hydroxylation sites is 2. The lowest BCUT2D eigenvalue weighted by molar-refractivity contribution is 0.102. The molecule has 22 heavy (non-hydrogen) atoms. The van der Waals surface area contributed by atoms with Gasteiger partial charge >= 0.3 is 0 Å². The number of aryl methyl sites for hydroxylation is 2. The Kier molecular flexibility index (Phi) is 3.55. The summed E-state index contributed by atoms with van der Waals surface area (Å²) in [5.41, 5.74) is 3.46. The molecule has 0 saturated carbocycles. The molecule has 0 aliphatic carbocycles. The predicted octanol–water partition coefficient (Wildman–Crippen LogP) is 3.16. The Balaban J connectivity index is 2.05. The Morgan fingerprint density at radius 1 is 1.32 bits per heavy atom. The normalized spacial score (nSPS) is 10.8. The van der Waals surface area contributed by atoms with Crippen LogP contribution in [0.3, 0.4) is 0 Å². The highest BCUT2D eigenvalue weighted by Crippen LogP contribution is 2.23. The molecule has 0 fully saturated rings. The Labute approximate surface area is 128 Å². The number of phenolic OH excluding ortho intramolecular Hbond substituents is 1. The molecular formula is C17H17N3O2. The highest BCUT2D eigenvalue weighted by molar-refractivity contribution is 6.05. The number of anilines is 1. The maximum atomic E-state index is 12.6. The summed E-state index contributed by atoms with van der Waals surface area (Å²) in [6.45, 7) is 3.95. The molecule has 5 heteroatoms. The molecule has 0 aliphatic heterocycles. The lowest BCUT2D eigenvalue weighted by Crippen LogP contribution is -2.16. The average Bonchev–Trinajstić information content (AvgIpc) is 2.87. The fraction of sp³-hybridized carbons (Fsp3) is 0.176. The number of nitrogens with zero attached hydrogens (tertiary/aromatic N) is 2. The molecule has 1 aromatic carbocycles. The maximum absolute atomic E-state index is 12.6. The number of imidazole rings is 1. The fourth-order valence-electron chi connectivity index (χ4n) is 2.44. The van der Waals surface area contributed by atoms with E-state index in [-0.39, 0.29) is 11.7 Å². The summed E-state index contributed by atoms with van der Waals surface area (Å²) >= 11 is 0. The van der Waals surface area contributed by atoms with Gasteiger partial charge in [-0.05, 0) is 43.2 Å². The van der Waals surface area contributed by atoms with E-state index >= 15 is 0 Å². The largest absolute Gasteiger partial charge is 0.506 e. The average molecular weight is 295 g/mol. The molecule has 2 N–H and O–H groups in total. The summed E-state index contributed by atoms with van der Waals surface area (Å²) in [5, 5.41) is 12.5. The van der Waals surface area contributed by atoms with E-state index in [1.807, 2.05) is 32.2 Å². The number of aromatic nitrogens is 2. The van der Waals surface area contributed by atoms with Crippen molar-refractivity contribution in [3.8, 4) is 5.75 Å². The molecular weight excluding hydrogens is 278 g/mol. The number of carbonyl (C=O) groups is 1. The van der Waals surface area contributed by atoms with Crippen molar-refractivity contribution >= 4 is 17.2 Å². The van der Waals surface area contributed by atoms with Gasteiger partial charge in [0.1, 0.15) is 17.1 Å². The van der Waals surface area contributed by atoms with Crippen LogP contribution in [0.1, 0.15) is 28.7 Å². The number of benzene rings is 1. The van der Waals surface area contributed by atoms with E-state index in [9.17, 15) is 9.90 Å². The van der Waals surface area contributed by atoms with Gasteiger partial charge in [-0.1, -0.05) is 19.1 Å². The molecule has 0 unspecified atom stereocenters. The standard InChI is InChI=1S/C17H17N3O2/c1-3-12-16(20-9-8-11(2)10-15(20)18-12)17(22)19-13-6-4-5-7-14(13)21/h4-10,21H,3H2,1-2H3,(H,19,22). The van der Waals surface area contributed by atoms with Crippen LogP contribution >= 0.6 is 0 Å². The van der Waals surface area contributed by atoms with Gasteiger partial charge in [-0.2, -0.15) is 0 Å². The summed E-state index contributed by atoms with van der Waals surface area (Å²) in [6, 6.07) is 10.5. The third kappa shape index (κ3) is 2.41. The van der Waals surface area contributed by atoms with Crippen molar-refractivity contribution in [1.29, 1.82) is 0 Å². The van der Waals surface area contributed by atoms with Crippen LogP contribution in [0.15, 0.2) is 42.6 Å². The van der Waals surface area contributed by atoms with E-state index in [0.29, 0.717) is 17.8 Å². The third-order valence-electron chi connectivity index (χ3n) is 3.56. The van der Waals surface area contributed by atoms with Gasteiger partial charge in [0.05, 0.1) is 11.4 Å². The molecule has 0 saturated heterocycles. The number of carbonyl (C=O) groups excluding carboxylic acids is 1. The zero-order chi connectivity index (χ0) is 15.7. The van der Waals surface area contributed by atoms with Crippen LogP contribution in [0, 0.1) is 6.92 Å². The first-order valence-electron chi connectivity index (χ1n) is 7.17. The van der Waals surface area contributed by atoms with E-state index in [4.69, 9.17) is 0 Å². The van der Waals surface area contributed by atoms with Gasteiger partial charge in [-0.25, -0.2) is 4.98 Å². The summed E-state index contributed by atoms with van der Waals surface area (Å²) in [7, 11) is 0. The van der Waals surface area contributed by atoms with Crippen molar-refractivity contribution in [3.05, 3.63) is 59.5 Å². The molecule has 2 heterocycles. The van der Waals surface area contributed by atoms with Crippen LogP contribution in [-0.4, -0.2) is 20.4 Å². The van der Waals surface area contributed by atoms with Crippen LogP contribution in [-0.2, 0) is 6.42 Å². The van der Waals surface area contributed by atoms with Crippen LogP contribution < -0.4 is 5.32 Å². The second-order valence-electron chi connectivity index (χ2n) is 5.16. The predicted molar refractivity (Wildman–Crippen MR) is 85.4 cm³/mol. The molecule has 1 amide bonds. The molecule has 0 aliphatic rings. The topological polar surface area (TPSA) is 66.6 Å². The van der Waals surface area contributed by atoms with Gasteiger partial charge in [0, 0.05) is 6.20 Å². The number of pyridine rings is 1. The van der Waals surface area contributed by atoms with Gasteiger partial charge < -0.3 is 10.4 Å². The van der Waals surface area contributed by atoms with Crippen molar-refractivity contribution in [2.45, 2.75) is 20.3 Å². The van der Waals surface area contributed by atoms with Gasteiger partial charge in [0.25, 0.3) is 5.91 Å². The van der Waals surface area contributed by atoms with Crippen LogP contribution in [0.25, 0.3) is 5.65 Å². The Morgan fingerprint density at radius 3 is 2.82 bits per heavy atom. The molecule has 3 aromatic rings. The molecule has 112 valence electrons. The number of aromatic hydroxyl groups is 1. The minimum absolute atomic E-state index is 0.0403. The number of fused-ring (bicyclic) bond motifs is 1. The monoisotopic (exact) mass is 295 g/mol. The smallest absolute Gasteiger partial charge is 0.274 e. The zero-order valence-electron chi connectivity index (χ0n) is 12.5. The van der Waals surface area contributed by atoms with E-state index in [1.54, 1.807) is 22.6 Å². The first-order chi connectivity index (χ1) is 10.6. The van der Waals surface area contributed by atoms with Crippen molar-refractivity contribution in [1.82, 2.24) is 9.38 Å².